The lowest BCUT2D eigenvalue weighted by Crippen LogP contribution is -2.31. The van der Waals surface area contributed by atoms with E-state index in [9.17, 15) is 4.79 Å². The van der Waals surface area contributed by atoms with Gasteiger partial charge in [0.15, 0.2) is 0 Å². The average molecular weight is 398 g/mol. The van der Waals surface area contributed by atoms with Crippen LogP contribution in [0.15, 0.2) is 0 Å². The third-order valence-corrected chi connectivity index (χ3v) is 3.15. The van der Waals surface area contributed by atoms with Crippen LogP contribution >= 0.6 is 0 Å². The molecule has 8 heteroatoms. The highest BCUT2D eigenvalue weighted by atomic mass is 16.6. The highest BCUT2D eigenvalue weighted by molar-refractivity contribution is 5.67. The van der Waals surface area contributed by atoms with E-state index in [2.05, 4.69) is 36.3 Å². The van der Waals surface area contributed by atoms with Gasteiger partial charge >= 0.3 is 6.09 Å². The summed E-state index contributed by atoms with van der Waals surface area (Å²) in [6.07, 6.45) is -1.17. The van der Waals surface area contributed by atoms with Crippen molar-refractivity contribution in [3.05, 3.63) is 0 Å². The molecule has 0 bridgehead atoms. The van der Waals surface area contributed by atoms with Gasteiger partial charge in [0, 0.05) is 18.5 Å². The van der Waals surface area contributed by atoms with Crippen molar-refractivity contribution >= 4 is 6.09 Å². The SMILES string of the molecule is CC(C)C#CCNC(=O)O[C@@H](CC#N)COCCOCCOCCNC(C)C. The lowest BCUT2D eigenvalue weighted by atomic mass is 10.2. The first kappa shape index (κ1) is 26.2. The van der Waals surface area contributed by atoms with Gasteiger partial charge in [0.25, 0.3) is 0 Å². The first-order chi connectivity index (χ1) is 13.5. The van der Waals surface area contributed by atoms with Gasteiger partial charge in [-0.3, -0.25) is 0 Å². The Morgan fingerprint density at radius 1 is 1.00 bits per heavy atom. The molecule has 0 fully saturated rings. The molecular weight excluding hydrogens is 362 g/mol. The summed E-state index contributed by atoms with van der Waals surface area (Å²) in [5.74, 6) is 6.00. The van der Waals surface area contributed by atoms with E-state index < -0.39 is 12.2 Å². The van der Waals surface area contributed by atoms with E-state index in [4.69, 9.17) is 24.2 Å². The predicted octanol–water partition coefficient (Wildman–Crippen LogP) is 1.70. The van der Waals surface area contributed by atoms with Crippen LogP contribution in [0, 0.1) is 29.1 Å². The molecule has 0 aromatic rings. The van der Waals surface area contributed by atoms with Gasteiger partial charge in [-0.2, -0.15) is 5.26 Å². The van der Waals surface area contributed by atoms with E-state index >= 15 is 0 Å². The molecule has 2 N–H and O–H groups in total. The summed E-state index contributed by atoms with van der Waals surface area (Å²) in [7, 11) is 0. The highest BCUT2D eigenvalue weighted by Gasteiger charge is 2.14. The zero-order chi connectivity index (χ0) is 21.0. The van der Waals surface area contributed by atoms with Crippen LogP contribution in [0.5, 0.6) is 0 Å². The Labute approximate surface area is 169 Å². The minimum absolute atomic E-state index is 0.0597. The molecule has 0 saturated heterocycles. The standard InChI is InChI=1S/C20H35N3O5/c1-17(2)6-5-9-23-20(24)28-19(7-8-21)16-27-15-14-26-13-12-25-11-10-22-18(3)4/h17-19,22H,7,9-16H2,1-4H3,(H,23,24)/t19-/m0/s1. The monoisotopic (exact) mass is 397 g/mol. The smallest absolute Gasteiger partial charge is 0.408 e. The van der Waals surface area contributed by atoms with Crippen molar-refractivity contribution in [2.45, 2.75) is 46.3 Å². The highest BCUT2D eigenvalue weighted by Crippen LogP contribution is 2.00. The van der Waals surface area contributed by atoms with Crippen LogP contribution in [0.3, 0.4) is 0 Å². The molecule has 0 aromatic carbocycles. The summed E-state index contributed by atoms with van der Waals surface area (Å²) in [4.78, 5) is 11.7. The molecule has 1 amide bonds. The first-order valence-corrected chi connectivity index (χ1v) is 9.72. The third-order valence-electron chi connectivity index (χ3n) is 3.15. The molecule has 0 aliphatic carbocycles. The lowest BCUT2D eigenvalue weighted by Gasteiger charge is -2.15. The van der Waals surface area contributed by atoms with Gasteiger partial charge in [0.05, 0.1) is 58.7 Å². The molecule has 0 aliphatic rings. The van der Waals surface area contributed by atoms with Crippen LogP contribution in [0.4, 0.5) is 4.79 Å². The van der Waals surface area contributed by atoms with Crippen molar-refractivity contribution < 1.29 is 23.7 Å². The largest absolute Gasteiger partial charge is 0.443 e. The van der Waals surface area contributed by atoms with Crippen molar-refractivity contribution in [2.75, 3.05) is 52.7 Å². The minimum atomic E-state index is -0.625. The number of carbonyl (C=O) groups is 1. The van der Waals surface area contributed by atoms with Crippen LogP contribution in [-0.4, -0.2) is 71.0 Å². The molecule has 0 unspecified atom stereocenters. The Morgan fingerprint density at radius 3 is 2.25 bits per heavy atom. The summed E-state index contributed by atoms with van der Waals surface area (Å²) in [6, 6.07) is 2.44. The zero-order valence-corrected chi connectivity index (χ0v) is 17.6. The minimum Gasteiger partial charge on any atom is -0.443 e. The second kappa shape index (κ2) is 18.5. The van der Waals surface area contributed by atoms with Gasteiger partial charge in [-0.25, -0.2) is 4.79 Å². The fraction of sp³-hybridized carbons (Fsp3) is 0.800. The molecule has 28 heavy (non-hydrogen) atoms. The summed E-state index contributed by atoms with van der Waals surface area (Å²) in [6.45, 7) is 11.7. The van der Waals surface area contributed by atoms with Crippen LogP contribution in [0.2, 0.25) is 0 Å². The number of ether oxygens (including phenoxy) is 4. The van der Waals surface area contributed by atoms with Crippen LogP contribution < -0.4 is 10.6 Å². The van der Waals surface area contributed by atoms with Crippen molar-refractivity contribution in [3.63, 3.8) is 0 Å². The molecule has 1 atom stereocenters. The second-order valence-electron chi connectivity index (χ2n) is 6.63. The maximum absolute atomic E-state index is 11.7. The Balaban J connectivity index is 3.70. The van der Waals surface area contributed by atoms with E-state index in [0.717, 1.165) is 6.54 Å². The Morgan fingerprint density at radius 2 is 1.64 bits per heavy atom. The van der Waals surface area contributed by atoms with Crippen molar-refractivity contribution in [3.8, 4) is 17.9 Å². The Hall–Kier alpha value is -1.84. The molecule has 0 heterocycles. The molecule has 160 valence electrons. The van der Waals surface area contributed by atoms with E-state index in [1.54, 1.807) is 0 Å². The Bertz CT molecular complexity index is 494. The molecule has 0 aliphatic heterocycles. The average Bonchev–Trinajstić information content (AvgIpc) is 2.63. The number of rotatable bonds is 15. The number of nitrogens with one attached hydrogen (secondary N) is 2. The van der Waals surface area contributed by atoms with Crippen LogP contribution in [0.25, 0.3) is 0 Å². The normalized spacial score (nSPS) is 11.6. The molecule has 0 saturated carbocycles. The maximum atomic E-state index is 11.7. The van der Waals surface area contributed by atoms with Crippen molar-refractivity contribution in [2.24, 2.45) is 5.92 Å². The number of nitrogens with zero attached hydrogens (tertiary/aromatic N) is 1. The number of nitriles is 1. The van der Waals surface area contributed by atoms with E-state index in [1.807, 2.05) is 19.9 Å². The fourth-order valence-electron chi connectivity index (χ4n) is 1.88. The summed E-state index contributed by atoms with van der Waals surface area (Å²) < 4.78 is 21.4. The third kappa shape index (κ3) is 18.9. The van der Waals surface area contributed by atoms with Gasteiger partial charge in [-0.05, 0) is 0 Å². The van der Waals surface area contributed by atoms with Gasteiger partial charge < -0.3 is 29.6 Å². The van der Waals surface area contributed by atoms with E-state index in [0.29, 0.717) is 39.1 Å². The molecule has 0 aromatic heterocycles. The molecular formula is C20H35N3O5. The van der Waals surface area contributed by atoms with Gasteiger partial charge in [-0.15, -0.1) is 0 Å². The lowest BCUT2D eigenvalue weighted by molar-refractivity contribution is -0.0132. The number of amides is 1. The Kier molecular flexibility index (Phi) is 17.3. The van der Waals surface area contributed by atoms with Crippen molar-refractivity contribution in [1.82, 2.24) is 10.6 Å². The number of hydrogen-bond acceptors (Lipinski definition) is 7. The summed E-state index contributed by atoms with van der Waals surface area (Å²) >= 11 is 0. The van der Waals surface area contributed by atoms with Gasteiger partial charge in [-0.1, -0.05) is 39.5 Å². The molecule has 0 radical (unpaired) electrons. The predicted molar refractivity (Wildman–Crippen MR) is 107 cm³/mol. The van der Waals surface area contributed by atoms with Crippen molar-refractivity contribution in [1.29, 1.82) is 5.26 Å². The van der Waals surface area contributed by atoms with Gasteiger partial charge in [0.1, 0.15) is 6.10 Å². The molecule has 8 nitrogen and oxygen atoms in total. The van der Waals surface area contributed by atoms with Gasteiger partial charge in [0.2, 0.25) is 0 Å². The zero-order valence-electron chi connectivity index (χ0n) is 17.6. The van der Waals surface area contributed by atoms with E-state index in [-0.39, 0.29) is 25.5 Å². The van der Waals surface area contributed by atoms with Crippen LogP contribution in [0.1, 0.15) is 34.1 Å². The fourth-order valence-corrected chi connectivity index (χ4v) is 1.88. The first-order valence-electron chi connectivity index (χ1n) is 9.72. The van der Waals surface area contributed by atoms with Crippen LogP contribution in [-0.2, 0) is 18.9 Å². The quantitative estimate of drug-likeness (QED) is 0.320. The topological polar surface area (TPSA) is 102 Å². The second-order valence-corrected chi connectivity index (χ2v) is 6.63. The maximum Gasteiger partial charge on any atom is 0.408 e. The summed E-state index contributed by atoms with van der Waals surface area (Å²) in [5, 5.41) is 14.6. The summed E-state index contributed by atoms with van der Waals surface area (Å²) in [5.41, 5.74) is 0. The van der Waals surface area contributed by atoms with E-state index in [1.165, 1.54) is 0 Å². The number of alkyl carbamates (subject to hydrolysis) is 1. The molecule has 0 rings (SSSR count). The number of carbonyl (C=O) groups excluding carboxylic acids is 1. The molecule has 0 spiro atoms. The number of hydrogen-bond donors (Lipinski definition) is 2.